The molecule has 1 aliphatic rings. The predicted octanol–water partition coefficient (Wildman–Crippen LogP) is 2.58. The van der Waals surface area contributed by atoms with Gasteiger partial charge in [-0.3, -0.25) is 4.98 Å². The number of halogens is 3. The van der Waals surface area contributed by atoms with E-state index in [4.69, 9.17) is 0 Å². The summed E-state index contributed by atoms with van der Waals surface area (Å²) in [6.07, 6.45) is -0.289. The van der Waals surface area contributed by atoms with Gasteiger partial charge in [0.2, 0.25) is 0 Å². The lowest BCUT2D eigenvalue weighted by molar-refractivity contribution is -0.179. The molecule has 106 valence electrons. The van der Waals surface area contributed by atoms with Crippen molar-refractivity contribution in [2.24, 2.45) is 5.92 Å². The first-order valence-electron chi connectivity index (χ1n) is 6.41. The zero-order chi connectivity index (χ0) is 13.9. The normalized spacial score (nSPS) is 17.8. The summed E-state index contributed by atoms with van der Waals surface area (Å²) in [6, 6.07) is 1.90. The second-order valence-electron chi connectivity index (χ2n) is 4.84. The zero-order valence-corrected chi connectivity index (χ0v) is 10.9. The monoisotopic (exact) mass is 273 g/mol. The Balaban J connectivity index is 2.05. The number of pyridine rings is 1. The van der Waals surface area contributed by atoms with Gasteiger partial charge in [0, 0.05) is 25.8 Å². The molecule has 19 heavy (non-hydrogen) atoms. The van der Waals surface area contributed by atoms with Crippen LogP contribution in [-0.2, 0) is 6.54 Å². The van der Waals surface area contributed by atoms with Crippen molar-refractivity contribution in [1.29, 1.82) is 0 Å². The van der Waals surface area contributed by atoms with Gasteiger partial charge in [-0.15, -0.1) is 0 Å². The van der Waals surface area contributed by atoms with Gasteiger partial charge in [0.25, 0.3) is 0 Å². The van der Waals surface area contributed by atoms with Crippen LogP contribution in [0.25, 0.3) is 0 Å². The summed E-state index contributed by atoms with van der Waals surface area (Å²) < 4.78 is 37.9. The highest BCUT2D eigenvalue weighted by Crippen LogP contribution is 2.35. The quantitative estimate of drug-likeness (QED) is 0.917. The SMILES string of the molecule is CNCc1ccncc1N1CCC(C(F)(F)F)CC1. The molecule has 1 fully saturated rings. The Morgan fingerprint density at radius 3 is 2.63 bits per heavy atom. The number of aromatic nitrogens is 1. The van der Waals surface area contributed by atoms with E-state index < -0.39 is 12.1 Å². The minimum atomic E-state index is -4.06. The molecule has 0 unspecified atom stereocenters. The van der Waals surface area contributed by atoms with Crippen LogP contribution in [0.1, 0.15) is 18.4 Å². The third-order valence-corrected chi connectivity index (χ3v) is 3.55. The van der Waals surface area contributed by atoms with Crippen molar-refractivity contribution in [3.05, 3.63) is 24.0 Å². The van der Waals surface area contributed by atoms with Crippen LogP contribution in [0, 0.1) is 5.92 Å². The average molecular weight is 273 g/mol. The summed E-state index contributed by atoms with van der Waals surface area (Å²) in [6.45, 7) is 1.57. The highest BCUT2D eigenvalue weighted by molar-refractivity contribution is 5.52. The van der Waals surface area contributed by atoms with Gasteiger partial charge in [0.15, 0.2) is 0 Å². The molecule has 0 saturated carbocycles. The van der Waals surface area contributed by atoms with E-state index in [9.17, 15) is 13.2 Å². The molecule has 6 heteroatoms. The maximum atomic E-state index is 12.6. The van der Waals surface area contributed by atoms with Crippen LogP contribution in [0.3, 0.4) is 0 Å². The predicted molar refractivity (Wildman–Crippen MR) is 68.0 cm³/mol. The summed E-state index contributed by atoms with van der Waals surface area (Å²) in [4.78, 5) is 6.08. The lowest BCUT2D eigenvalue weighted by Crippen LogP contribution is -2.39. The van der Waals surface area contributed by atoms with E-state index in [-0.39, 0.29) is 12.8 Å². The summed E-state index contributed by atoms with van der Waals surface area (Å²) in [5.41, 5.74) is 2.01. The first-order chi connectivity index (χ1) is 9.02. The molecule has 0 amide bonds. The van der Waals surface area contributed by atoms with Gasteiger partial charge in [0.05, 0.1) is 17.8 Å². The van der Waals surface area contributed by atoms with Crippen molar-refractivity contribution in [2.75, 3.05) is 25.0 Å². The molecule has 1 aromatic heterocycles. The lowest BCUT2D eigenvalue weighted by Gasteiger charge is -2.35. The largest absolute Gasteiger partial charge is 0.391 e. The molecular weight excluding hydrogens is 255 g/mol. The molecule has 0 bridgehead atoms. The lowest BCUT2D eigenvalue weighted by atomic mass is 9.95. The Morgan fingerprint density at radius 1 is 1.37 bits per heavy atom. The Morgan fingerprint density at radius 2 is 2.05 bits per heavy atom. The number of rotatable bonds is 3. The minimum Gasteiger partial charge on any atom is -0.370 e. The molecule has 0 spiro atoms. The van der Waals surface area contributed by atoms with Crippen LogP contribution in [0.15, 0.2) is 18.5 Å². The highest BCUT2D eigenvalue weighted by Gasteiger charge is 2.41. The van der Waals surface area contributed by atoms with E-state index >= 15 is 0 Å². The van der Waals surface area contributed by atoms with E-state index in [1.807, 2.05) is 18.0 Å². The number of hydrogen-bond donors (Lipinski definition) is 1. The molecule has 0 atom stereocenters. The Bertz CT molecular complexity index is 412. The standard InChI is InChI=1S/C13H18F3N3/c1-17-8-10-2-5-18-9-12(10)19-6-3-11(4-7-19)13(14,15)16/h2,5,9,11,17H,3-4,6-8H2,1H3. The molecular formula is C13H18F3N3. The highest BCUT2D eigenvalue weighted by atomic mass is 19.4. The van der Waals surface area contributed by atoms with Gasteiger partial charge in [0.1, 0.15) is 0 Å². The summed E-state index contributed by atoms with van der Waals surface area (Å²) >= 11 is 0. The molecule has 0 aromatic carbocycles. The van der Waals surface area contributed by atoms with E-state index in [1.54, 1.807) is 12.4 Å². The second kappa shape index (κ2) is 5.77. The molecule has 2 rings (SSSR count). The Kier molecular flexibility index (Phi) is 4.29. The van der Waals surface area contributed by atoms with Gasteiger partial charge in [-0.25, -0.2) is 0 Å². The molecule has 0 aliphatic carbocycles. The Labute approximate surface area is 110 Å². The van der Waals surface area contributed by atoms with E-state index in [1.165, 1.54) is 0 Å². The smallest absolute Gasteiger partial charge is 0.370 e. The number of nitrogens with zero attached hydrogens (tertiary/aromatic N) is 2. The molecule has 1 aromatic rings. The maximum Gasteiger partial charge on any atom is 0.391 e. The van der Waals surface area contributed by atoms with E-state index in [0.29, 0.717) is 19.6 Å². The fraction of sp³-hybridized carbons (Fsp3) is 0.615. The number of anilines is 1. The average Bonchev–Trinajstić information content (AvgIpc) is 2.39. The van der Waals surface area contributed by atoms with Crippen molar-refractivity contribution >= 4 is 5.69 Å². The zero-order valence-electron chi connectivity index (χ0n) is 10.9. The molecule has 2 heterocycles. The van der Waals surface area contributed by atoms with Gasteiger partial charge >= 0.3 is 6.18 Å². The first kappa shape index (κ1) is 14.1. The van der Waals surface area contributed by atoms with Crippen LogP contribution >= 0.6 is 0 Å². The van der Waals surface area contributed by atoms with Crippen molar-refractivity contribution in [1.82, 2.24) is 10.3 Å². The second-order valence-corrected chi connectivity index (χ2v) is 4.84. The molecule has 1 aliphatic heterocycles. The molecule has 3 nitrogen and oxygen atoms in total. The van der Waals surface area contributed by atoms with Crippen LogP contribution in [0.5, 0.6) is 0 Å². The third-order valence-electron chi connectivity index (χ3n) is 3.55. The minimum absolute atomic E-state index is 0.164. The van der Waals surface area contributed by atoms with E-state index in [0.717, 1.165) is 11.3 Å². The number of nitrogens with one attached hydrogen (secondary N) is 1. The summed E-state index contributed by atoms with van der Waals surface area (Å²) in [5, 5.41) is 3.06. The number of alkyl halides is 3. The molecule has 1 N–H and O–H groups in total. The Hall–Kier alpha value is -1.30. The molecule has 1 saturated heterocycles. The fourth-order valence-corrected chi connectivity index (χ4v) is 2.49. The summed E-state index contributed by atoms with van der Waals surface area (Å²) in [7, 11) is 1.85. The van der Waals surface area contributed by atoms with Crippen molar-refractivity contribution in [3.63, 3.8) is 0 Å². The number of hydrogen-bond acceptors (Lipinski definition) is 3. The van der Waals surface area contributed by atoms with Gasteiger partial charge in [-0.05, 0) is 31.5 Å². The van der Waals surface area contributed by atoms with Crippen molar-refractivity contribution < 1.29 is 13.2 Å². The van der Waals surface area contributed by atoms with Gasteiger partial charge in [-0.2, -0.15) is 13.2 Å². The topological polar surface area (TPSA) is 28.2 Å². The van der Waals surface area contributed by atoms with Crippen LogP contribution in [-0.4, -0.2) is 31.3 Å². The van der Waals surface area contributed by atoms with E-state index in [2.05, 4.69) is 10.3 Å². The molecule has 0 radical (unpaired) electrons. The van der Waals surface area contributed by atoms with Crippen LogP contribution in [0.4, 0.5) is 18.9 Å². The first-order valence-corrected chi connectivity index (χ1v) is 6.41. The van der Waals surface area contributed by atoms with Crippen LogP contribution < -0.4 is 10.2 Å². The van der Waals surface area contributed by atoms with Crippen LogP contribution in [0.2, 0.25) is 0 Å². The number of piperidine rings is 1. The van der Waals surface area contributed by atoms with Crippen molar-refractivity contribution in [3.8, 4) is 0 Å². The summed E-state index contributed by atoms with van der Waals surface area (Å²) in [5.74, 6) is -1.16. The maximum absolute atomic E-state index is 12.6. The van der Waals surface area contributed by atoms with Crippen molar-refractivity contribution in [2.45, 2.75) is 25.6 Å². The van der Waals surface area contributed by atoms with Gasteiger partial charge in [-0.1, -0.05) is 0 Å². The third kappa shape index (κ3) is 3.37. The fourth-order valence-electron chi connectivity index (χ4n) is 2.49. The van der Waals surface area contributed by atoms with Gasteiger partial charge < -0.3 is 10.2 Å².